The fourth-order valence-corrected chi connectivity index (χ4v) is 7.17. The number of amides is 1. The molecule has 3 fully saturated rings. The monoisotopic (exact) mass is 396 g/mol. The minimum absolute atomic E-state index is 0.118. The highest BCUT2D eigenvalue weighted by molar-refractivity contribution is 7.93. The quantitative estimate of drug-likeness (QED) is 0.853. The second-order valence-electron chi connectivity index (χ2n) is 7.75. The van der Waals surface area contributed by atoms with Crippen LogP contribution in [0, 0.1) is 0 Å². The molecular formula is C19H25ClN2O3S. The lowest BCUT2D eigenvalue weighted by molar-refractivity contribution is -0.136. The summed E-state index contributed by atoms with van der Waals surface area (Å²) in [5, 5.41) is 3.88. The van der Waals surface area contributed by atoms with Crippen LogP contribution in [-0.2, 0) is 14.6 Å². The molecule has 142 valence electrons. The average molecular weight is 397 g/mol. The first-order valence-electron chi connectivity index (χ1n) is 9.49. The van der Waals surface area contributed by atoms with Gasteiger partial charge in [0.25, 0.3) is 0 Å². The van der Waals surface area contributed by atoms with Gasteiger partial charge in [0.05, 0.1) is 4.90 Å². The molecule has 1 saturated carbocycles. The van der Waals surface area contributed by atoms with Crippen LogP contribution in [0.25, 0.3) is 0 Å². The van der Waals surface area contributed by atoms with Gasteiger partial charge in [0.15, 0.2) is 14.6 Å². The van der Waals surface area contributed by atoms with Gasteiger partial charge in [-0.2, -0.15) is 0 Å². The van der Waals surface area contributed by atoms with Gasteiger partial charge in [-0.3, -0.25) is 4.79 Å². The molecule has 2 saturated heterocycles. The molecule has 2 atom stereocenters. The molecule has 0 aromatic heterocycles. The third-order valence-corrected chi connectivity index (χ3v) is 9.08. The average Bonchev–Trinajstić information content (AvgIpc) is 3.20. The zero-order valence-electron chi connectivity index (χ0n) is 14.8. The SMILES string of the molecule is O=C(N1C2CCNCC1CC2)C1(S(=O)(=O)c2ccc(Cl)cc2)CCCC1. The molecule has 4 rings (SSSR count). The van der Waals surface area contributed by atoms with E-state index < -0.39 is 14.6 Å². The standard InChI is InChI=1S/C19H25ClN2O3S/c20-14-3-7-17(8-4-14)26(24,25)19(10-1-2-11-19)18(23)22-15-5-6-16(22)13-21-12-9-15/h3-4,7-8,15-16,21H,1-2,5-6,9-13H2. The maximum Gasteiger partial charge on any atom is 0.244 e. The molecular weight excluding hydrogens is 372 g/mol. The topological polar surface area (TPSA) is 66.5 Å². The zero-order chi connectivity index (χ0) is 18.4. The van der Waals surface area contributed by atoms with Crippen molar-refractivity contribution >= 4 is 27.3 Å². The third kappa shape index (κ3) is 2.77. The van der Waals surface area contributed by atoms with Crippen molar-refractivity contribution in [1.29, 1.82) is 0 Å². The van der Waals surface area contributed by atoms with Gasteiger partial charge in [-0.1, -0.05) is 24.4 Å². The lowest BCUT2D eigenvalue weighted by Gasteiger charge is -2.37. The number of nitrogens with zero attached hydrogens (tertiary/aromatic N) is 1. The fraction of sp³-hybridized carbons (Fsp3) is 0.632. The van der Waals surface area contributed by atoms with Crippen molar-refractivity contribution < 1.29 is 13.2 Å². The van der Waals surface area contributed by atoms with Crippen molar-refractivity contribution in [2.24, 2.45) is 0 Å². The number of fused-ring (bicyclic) bond motifs is 2. The van der Waals surface area contributed by atoms with E-state index in [9.17, 15) is 13.2 Å². The number of carbonyl (C=O) groups is 1. The van der Waals surface area contributed by atoms with Gasteiger partial charge in [0.1, 0.15) is 0 Å². The first-order valence-corrected chi connectivity index (χ1v) is 11.4. The predicted molar refractivity (Wildman–Crippen MR) is 101 cm³/mol. The lowest BCUT2D eigenvalue weighted by Crippen LogP contribution is -2.56. The number of hydrogen-bond acceptors (Lipinski definition) is 4. The van der Waals surface area contributed by atoms with Gasteiger partial charge in [-0.25, -0.2) is 8.42 Å². The number of halogens is 1. The summed E-state index contributed by atoms with van der Waals surface area (Å²) in [4.78, 5) is 15.9. The highest BCUT2D eigenvalue weighted by atomic mass is 35.5. The van der Waals surface area contributed by atoms with Crippen LogP contribution in [0.2, 0.25) is 5.02 Å². The van der Waals surface area contributed by atoms with Crippen molar-refractivity contribution in [3.05, 3.63) is 29.3 Å². The van der Waals surface area contributed by atoms with E-state index >= 15 is 0 Å². The predicted octanol–water partition coefficient (Wildman–Crippen LogP) is 2.78. The summed E-state index contributed by atoms with van der Waals surface area (Å²) in [6, 6.07) is 6.52. The molecule has 2 heterocycles. The molecule has 3 aliphatic rings. The number of carbonyl (C=O) groups excluding carboxylic acids is 1. The Morgan fingerprint density at radius 2 is 1.73 bits per heavy atom. The number of benzene rings is 1. The molecule has 2 aliphatic heterocycles. The normalized spacial score (nSPS) is 28.1. The molecule has 5 nitrogen and oxygen atoms in total. The van der Waals surface area contributed by atoms with Gasteiger partial charge in [0, 0.05) is 23.7 Å². The Kier molecular flexibility index (Phi) is 4.78. The summed E-state index contributed by atoms with van der Waals surface area (Å²) in [5.41, 5.74) is 0. The highest BCUT2D eigenvalue weighted by Crippen LogP contribution is 2.44. The Hall–Kier alpha value is -1.11. The summed E-state index contributed by atoms with van der Waals surface area (Å²) in [5.74, 6) is -0.166. The van der Waals surface area contributed by atoms with E-state index in [2.05, 4.69) is 5.32 Å². The van der Waals surface area contributed by atoms with Crippen LogP contribution >= 0.6 is 11.6 Å². The Bertz CT molecular complexity index is 774. The molecule has 2 unspecified atom stereocenters. The van der Waals surface area contributed by atoms with Crippen molar-refractivity contribution in [1.82, 2.24) is 10.2 Å². The highest BCUT2D eigenvalue weighted by Gasteiger charge is 2.57. The molecule has 1 aliphatic carbocycles. The van der Waals surface area contributed by atoms with E-state index in [0.717, 1.165) is 45.2 Å². The van der Waals surface area contributed by atoms with Crippen molar-refractivity contribution in [2.75, 3.05) is 13.1 Å². The summed E-state index contributed by atoms with van der Waals surface area (Å²) in [6.07, 6.45) is 5.23. The number of sulfone groups is 1. The molecule has 1 aromatic rings. The second kappa shape index (κ2) is 6.80. The Morgan fingerprint density at radius 3 is 2.42 bits per heavy atom. The molecule has 0 radical (unpaired) electrons. The van der Waals surface area contributed by atoms with Crippen LogP contribution in [0.3, 0.4) is 0 Å². The fourth-order valence-electron chi connectivity index (χ4n) is 4.93. The van der Waals surface area contributed by atoms with Gasteiger partial charge in [-0.05, 0) is 62.9 Å². The first-order chi connectivity index (χ1) is 12.5. The van der Waals surface area contributed by atoms with Crippen molar-refractivity contribution in [2.45, 2.75) is 66.7 Å². The largest absolute Gasteiger partial charge is 0.334 e. The van der Waals surface area contributed by atoms with Gasteiger partial charge in [0.2, 0.25) is 5.91 Å². The number of hydrogen-bond donors (Lipinski definition) is 1. The molecule has 1 N–H and O–H groups in total. The molecule has 7 heteroatoms. The maximum atomic E-state index is 13.7. The van der Waals surface area contributed by atoms with Crippen LogP contribution in [0.1, 0.15) is 44.9 Å². The Balaban J connectivity index is 1.75. The van der Waals surface area contributed by atoms with E-state index in [-0.39, 0.29) is 22.9 Å². The van der Waals surface area contributed by atoms with Crippen LogP contribution in [0.5, 0.6) is 0 Å². The van der Waals surface area contributed by atoms with Crippen molar-refractivity contribution in [3.63, 3.8) is 0 Å². The van der Waals surface area contributed by atoms with Crippen LogP contribution < -0.4 is 5.32 Å². The van der Waals surface area contributed by atoms with Crippen LogP contribution in [0.15, 0.2) is 29.2 Å². The Morgan fingerprint density at radius 1 is 1.08 bits per heavy atom. The number of nitrogens with one attached hydrogen (secondary N) is 1. The molecule has 0 spiro atoms. The van der Waals surface area contributed by atoms with Crippen molar-refractivity contribution in [3.8, 4) is 0 Å². The lowest BCUT2D eigenvalue weighted by atomic mass is 10.0. The summed E-state index contributed by atoms with van der Waals surface area (Å²) < 4.78 is 25.8. The molecule has 1 aromatic carbocycles. The smallest absolute Gasteiger partial charge is 0.244 e. The number of rotatable bonds is 3. The van der Waals surface area contributed by atoms with Gasteiger partial charge in [-0.15, -0.1) is 0 Å². The zero-order valence-corrected chi connectivity index (χ0v) is 16.4. The molecule has 26 heavy (non-hydrogen) atoms. The first kappa shape index (κ1) is 18.3. The summed E-state index contributed by atoms with van der Waals surface area (Å²) in [7, 11) is -3.77. The third-order valence-electron chi connectivity index (χ3n) is 6.33. The van der Waals surface area contributed by atoms with E-state index in [1.165, 1.54) is 12.1 Å². The summed E-state index contributed by atoms with van der Waals surface area (Å²) in [6.45, 7) is 1.65. The maximum absolute atomic E-state index is 13.7. The molecule has 2 bridgehead atoms. The van der Waals surface area contributed by atoms with E-state index in [1.54, 1.807) is 12.1 Å². The Labute approximate surface area is 160 Å². The second-order valence-corrected chi connectivity index (χ2v) is 10.4. The van der Waals surface area contributed by atoms with Gasteiger partial charge < -0.3 is 10.2 Å². The van der Waals surface area contributed by atoms with E-state index in [4.69, 9.17) is 11.6 Å². The van der Waals surface area contributed by atoms with E-state index in [0.29, 0.717) is 17.9 Å². The minimum atomic E-state index is -3.77. The summed E-state index contributed by atoms with van der Waals surface area (Å²) >= 11 is 5.93. The van der Waals surface area contributed by atoms with Crippen LogP contribution in [0.4, 0.5) is 0 Å². The minimum Gasteiger partial charge on any atom is -0.334 e. The van der Waals surface area contributed by atoms with E-state index in [1.807, 2.05) is 4.90 Å². The van der Waals surface area contributed by atoms with Gasteiger partial charge >= 0.3 is 0 Å². The molecule has 1 amide bonds. The van der Waals surface area contributed by atoms with Crippen LogP contribution in [-0.4, -0.2) is 49.1 Å².